The van der Waals surface area contributed by atoms with Gasteiger partial charge in [-0.1, -0.05) is 49.1 Å². The highest BCUT2D eigenvalue weighted by Gasteiger charge is 2.44. The van der Waals surface area contributed by atoms with Crippen molar-refractivity contribution in [1.82, 2.24) is 5.32 Å². The normalized spacial score (nSPS) is 26.2. The second-order valence-electron chi connectivity index (χ2n) is 6.22. The lowest BCUT2D eigenvalue weighted by atomic mass is 9.89. The minimum absolute atomic E-state index is 0.137. The zero-order valence-corrected chi connectivity index (χ0v) is 12.5. The Balaban J connectivity index is 1.49. The van der Waals surface area contributed by atoms with Crippen LogP contribution in [0.1, 0.15) is 50.0 Å². The average Bonchev–Trinajstić information content (AvgIpc) is 3.27. The molecular formula is C17H22ClNO. The Morgan fingerprint density at radius 1 is 1.20 bits per heavy atom. The van der Waals surface area contributed by atoms with E-state index in [0.717, 1.165) is 23.6 Å². The summed E-state index contributed by atoms with van der Waals surface area (Å²) in [5.41, 5.74) is 1.13. The number of carbonyl (C=O) groups excluding carboxylic acids is 1. The molecule has 2 atom stereocenters. The molecule has 20 heavy (non-hydrogen) atoms. The SMILES string of the molecule is O=C(NCC1CCCCC1)C1CC1c1ccccc1Cl. The first-order valence-corrected chi connectivity index (χ1v) is 8.15. The van der Waals surface area contributed by atoms with Crippen LogP contribution in [0.25, 0.3) is 0 Å². The fourth-order valence-electron chi connectivity index (χ4n) is 3.37. The van der Waals surface area contributed by atoms with Gasteiger partial charge in [-0.25, -0.2) is 0 Å². The Morgan fingerprint density at radius 3 is 2.70 bits per heavy atom. The molecule has 2 aliphatic rings. The smallest absolute Gasteiger partial charge is 0.223 e. The summed E-state index contributed by atoms with van der Waals surface area (Å²) in [6.45, 7) is 0.866. The van der Waals surface area contributed by atoms with E-state index in [1.807, 2.05) is 24.3 Å². The van der Waals surface area contributed by atoms with Crippen LogP contribution in [0.15, 0.2) is 24.3 Å². The number of rotatable bonds is 4. The van der Waals surface area contributed by atoms with Gasteiger partial charge in [0.05, 0.1) is 0 Å². The molecule has 3 rings (SSSR count). The van der Waals surface area contributed by atoms with Gasteiger partial charge in [-0.15, -0.1) is 0 Å². The van der Waals surface area contributed by atoms with Gasteiger partial charge in [0.1, 0.15) is 0 Å². The Bertz CT molecular complexity index is 482. The summed E-state index contributed by atoms with van der Waals surface area (Å²) in [6, 6.07) is 7.89. The largest absolute Gasteiger partial charge is 0.356 e. The van der Waals surface area contributed by atoms with Crippen molar-refractivity contribution >= 4 is 17.5 Å². The van der Waals surface area contributed by atoms with Crippen LogP contribution < -0.4 is 5.32 Å². The maximum Gasteiger partial charge on any atom is 0.223 e. The van der Waals surface area contributed by atoms with Gasteiger partial charge in [0.2, 0.25) is 5.91 Å². The number of benzene rings is 1. The Kier molecular flexibility index (Phi) is 4.30. The van der Waals surface area contributed by atoms with Crippen molar-refractivity contribution in [2.75, 3.05) is 6.54 Å². The van der Waals surface area contributed by atoms with Crippen molar-refractivity contribution in [2.45, 2.75) is 44.4 Å². The zero-order chi connectivity index (χ0) is 13.9. The Morgan fingerprint density at radius 2 is 1.95 bits per heavy atom. The van der Waals surface area contributed by atoms with Crippen molar-refractivity contribution in [2.24, 2.45) is 11.8 Å². The molecule has 3 heteroatoms. The molecule has 0 bridgehead atoms. The topological polar surface area (TPSA) is 29.1 Å². The number of carbonyl (C=O) groups is 1. The second kappa shape index (κ2) is 6.17. The van der Waals surface area contributed by atoms with Crippen molar-refractivity contribution in [1.29, 1.82) is 0 Å². The minimum atomic E-state index is 0.137. The van der Waals surface area contributed by atoms with E-state index in [9.17, 15) is 4.79 Å². The van der Waals surface area contributed by atoms with Crippen molar-refractivity contribution in [3.05, 3.63) is 34.9 Å². The standard InChI is InChI=1S/C17H22ClNO/c18-16-9-5-4-8-13(16)14-10-15(14)17(20)19-11-12-6-2-1-3-7-12/h4-5,8-9,12,14-15H,1-3,6-7,10-11H2,(H,19,20). The number of nitrogens with one attached hydrogen (secondary N) is 1. The van der Waals surface area contributed by atoms with Gasteiger partial charge in [0, 0.05) is 17.5 Å². The lowest BCUT2D eigenvalue weighted by molar-refractivity contribution is -0.122. The lowest BCUT2D eigenvalue weighted by Crippen LogP contribution is -2.31. The van der Waals surface area contributed by atoms with E-state index in [2.05, 4.69) is 5.32 Å². The molecule has 1 aromatic rings. The van der Waals surface area contributed by atoms with Crippen molar-refractivity contribution in [3.63, 3.8) is 0 Å². The van der Waals surface area contributed by atoms with E-state index in [0.29, 0.717) is 11.8 Å². The molecule has 108 valence electrons. The summed E-state index contributed by atoms with van der Waals surface area (Å²) in [5, 5.41) is 3.94. The molecule has 2 saturated carbocycles. The first-order chi connectivity index (χ1) is 9.75. The van der Waals surface area contributed by atoms with Crippen LogP contribution in [0.5, 0.6) is 0 Å². The van der Waals surface area contributed by atoms with Gasteiger partial charge >= 0.3 is 0 Å². The van der Waals surface area contributed by atoms with Gasteiger partial charge < -0.3 is 5.32 Å². The van der Waals surface area contributed by atoms with Gasteiger partial charge in [0.25, 0.3) is 0 Å². The van der Waals surface area contributed by atoms with Gasteiger partial charge in [-0.05, 0) is 42.7 Å². The minimum Gasteiger partial charge on any atom is -0.356 e. The van der Waals surface area contributed by atoms with Crippen molar-refractivity contribution < 1.29 is 4.79 Å². The Labute approximate surface area is 125 Å². The van der Waals surface area contributed by atoms with Crippen LogP contribution >= 0.6 is 11.6 Å². The molecule has 0 radical (unpaired) electrons. The number of amides is 1. The summed E-state index contributed by atoms with van der Waals surface area (Å²) in [7, 11) is 0. The molecule has 0 spiro atoms. The first kappa shape index (κ1) is 13.9. The Hall–Kier alpha value is -1.02. The highest BCUT2D eigenvalue weighted by atomic mass is 35.5. The molecule has 0 aliphatic heterocycles. The van der Waals surface area contributed by atoms with Crippen LogP contribution in [-0.4, -0.2) is 12.5 Å². The number of hydrogen-bond donors (Lipinski definition) is 1. The van der Waals surface area contributed by atoms with Crippen LogP contribution in [0.4, 0.5) is 0 Å². The quantitative estimate of drug-likeness (QED) is 0.887. The monoisotopic (exact) mass is 291 g/mol. The van der Waals surface area contributed by atoms with E-state index in [1.54, 1.807) is 0 Å². The summed E-state index contributed by atoms with van der Waals surface area (Å²) >= 11 is 6.20. The lowest BCUT2D eigenvalue weighted by Gasteiger charge is -2.21. The van der Waals surface area contributed by atoms with E-state index in [4.69, 9.17) is 11.6 Å². The van der Waals surface area contributed by atoms with E-state index in [-0.39, 0.29) is 11.8 Å². The van der Waals surface area contributed by atoms with E-state index >= 15 is 0 Å². The molecule has 2 nitrogen and oxygen atoms in total. The molecule has 0 heterocycles. The highest BCUT2D eigenvalue weighted by Crippen LogP contribution is 2.49. The van der Waals surface area contributed by atoms with Gasteiger partial charge in [-0.2, -0.15) is 0 Å². The maximum atomic E-state index is 12.2. The van der Waals surface area contributed by atoms with Crippen LogP contribution in [0.2, 0.25) is 5.02 Å². The number of halogens is 1. The van der Waals surface area contributed by atoms with Crippen LogP contribution in [-0.2, 0) is 4.79 Å². The highest BCUT2D eigenvalue weighted by molar-refractivity contribution is 6.31. The van der Waals surface area contributed by atoms with Gasteiger partial charge in [-0.3, -0.25) is 4.79 Å². The van der Waals surface area contributed by atoms with Gasteiger partial charge in [0.15, 0.2) is 0 Å². The molecule has 0 aromatic heterocycles. The fourth-order valence-corrected chi connectivity index (χ4v) is 3.65. The molecule has 2 aliphatic carbocycles. The molecule has 0 saturated heterocycles. The molecule has 1 amide bonds. The summed E-state index contributed by atoms with van der Waals surface area (Å²) < 4.78 is 0. The molecule has 2 fully saturated rings. The summed E-state index contributed by atoms with van der Waals surface area (Å²) in [5.74, 6) is 1.39. The second-order valence-corrected chi connectivity index (χ2v) is 6.63. The maximum absolute atomic E-state index is 12.2. The first-order valence-electron chi connectivity index (χ1n) is 7.78. The van der Waals surface area contributed by atoms with Crippen molar-refractivity contribution in [3.8, 4) is 0 Å². The predicted molar refractivity (Wildman–Crippen MR) is 81.9 cm³/mol. The average molecular weight is 292 g/mol. The summed E-state index contributed by atoms with van der Waals surface area (Å²) in [4.78, 5) is 12.2. The van der Waals surface area contributed by atoms with E-state index < -0.39 is 0 Å². The third-order valence-electron chi connectivity index (χ3n) is 4.72. The zero-order valence-electron chi connectivity index (χ0n) is 11.8. The molecule has 2 unspecified atom stereocenters. The third-order valence-corrected chi connectivity index (χ3v) is 5.07. The van der Waals surface area contributed by atoms with E-state index in [1.165, 1.54) is 32.1 Å². The fraction of sp³-hybridized carbons (Fsp3) is 0.588. The van der Waals surface area contributed by atoms with Crippen LogP contribution in [0.3, 0.4) is 0 Å². The number of hydrogen-bond acceptors (Lipinski definition) is 1. The predicted octanol–water partition coefficient (Wildman–Crippen LogP) is 4.14. The molecule has 1 N–H and O–H groups in total. The third kappa shape index (κ3) is 3.17. The molecular weight excluding hydrogens is 270 g/mol. The van der Waals surface area contributed by atoms with Crippen LogP contribution in [0, 0.1) is 11.8 Å². The summed E-state index contributed by atoms with van der Waals surface area (Å²) in [6.07, 6.45) is 7.51. The molecule has 1 aromatic carbocycles.